The minimum atomic E-state index is 0.677. The Balaban J connectivity index is 1.67. The van der Waals surface area contributed by atoms with E-state index in [0.717, 1.165) is 18.4 Å². The summed E-state index contributed by atoms with van der Waals surface area (Å²) in [5.41, 5.74) is 7.71. The highest BCUT2D eigenvalue weighted by molar-refractivity contribution is 6.33. The molecule has 2 atom stereocenters. The van der Waals surface area contributed by atoms with Crippen LogP contribution in [0.5, 0.6) is 0 Å². The molecule has 1 aliphatic carbocycles. The standard InChI is InChI=1S/C15H21ClN2/c16-14-7-13(4-5-15(14)17)10-18-8-11-2-1-3-12(6-11)9-18/h4-5,7,11-12H,1-3,6,8-10,17H2. The molecule has 2 bridgehead atoms. The molecule has 3 rings (SSSR count). The number of nitrogens with zero attached hydrogens (tertiary/aromatic N) is 1. The SMILES string of the molecule is Nc1ccc(CN2CC3CCCC(C3)C2)cc1Cl. The highest BCUT2D eigenvalue weighted by atomic mass is 35.5. The van der Waals surface area contributed by atoms with Gasteiger partial charge in [0.1, 0.15) is 0 Å². The molecule has 2 N–H and O–H groups in total. The first kappa shape index (κ1) is 12.3. The highest BCUT2D eigenvalue weighted by Gasteiger charge is 2.30. The Labute approximate surface area is 114 Å². The zero-order chi connectivity index (χ0) is 12.5. The van der Waals surface area contributed by atoms with Gasteiger partial charge < -0.3 is 5.73 Å². The molecule has 1 heterocycles. The molecule has 1 aromatic carbocycles. The summed E-state index contributed by atoms with van der Waals surface area (Å²) in [4.78, 5) is 2.60. The lowest BCUT2D eigenvalue weighted by molar-refractivity contribution is 0.0808. The van der Waals surface area contributed by atoms with E-state index in [2.05, 4.69) is 11.0 Å². The number of halogens is 1. The van der Waals surface area contributed by atoms with Gasteiger partial charge in [0.25, 0.3) is 0 Å². The van der Waals surface area contributed by atoms with E-state index in [0.29, 0.717) is 10.7 Å². The number of piperidine rings is 1. The van der Waals surface area contributed by atoms with Crippen molar-refractivity contribution < 1.29 is 0 Å². The van der Waals surface area contributed by atoms with Gasteiger partial charge in [-0.15, -0.1) is 0 Å². The van der Waals surface area contributed by atoms with Gasteiger partial charge >= 0.3 is 0 Å². The summed E-state index contributed by atoms with van der Waals surface area (Å²) in [6.45, 7) is 3.55. The van der Waals surface area contributed by atoms with Crippen molar-refractivity contribution in [1.29, 1.82) is 0 Å². The van der Waals surface area contributed by atoms with E-state index in [9.17, 15) is 0 Å². The Kier molecular flexibility index (Phi) is 3.49. The van der Waals surface area contributed by atoms with Crippen LogP contribution < -0.4 is 5.73 Å². The van der Waals surface area contributed by atoms with Gasteiger partial charge in [0, 0.05) is 19.6 Å². The number of rotatable bonds is 2. The van der Waals surface area contributed by atoms with Crippen LogP contribution >= 0.6 is 11.6 Å². The van der Waals surface area contributed by atoms with Gasteiger partial charge in [-0.05, 0) is 48.8 Å². The number of nitrogen functional groups attached to an aromatic ring is 1. The van der Waals surface area contributed by atoms with Crippen molar-refractivity contribution in [2.75, 3.05) is 18.8 Å². The van der Waals surface area contributed by atoms with Gasteiger partial charge in [0.05, 0.1) is 10.7 Å². The smallest absolute Gasteiger partial charge is 0.0638 e. The van der Waals surface area contributed by atoms with Gasteiger partial charge in [0.15, 0.2) is 0 Å². The van der Waals surface area contributed by atoms with Crippen LogP contribution in [0.25, 0.3) is 0 Å². The molecule has 2 fully saturated rings. The second kappa shape index (κ2) is 5.10. The van der Waals surface area contributed by atoms with Crippen molar-refractivity contribution >= 4 is 17.3 Å². The molecule has 18 heavy (non-hydrogen) atoms. The first-order valence-electron chi connectivity index (χ1n) is 6.97. The van der Waals surface area contributed by atoms with Gasteiger partial charge in [-0.25, -0.2) is 0 Å². The summed E-state index contributed by atoms with van der Waals surface area (Å²) in [6, 6.07) is 6.04. The Bertz CT molecular complexity index is 421. The normalized spacial score (nSPS) is 28.3. The fraction of sp³-hybridized carbons (Fsp3) is 0.600. The lowest BCUT2D eigenvalue weighted by Gasteiger charge is -2.41. The van der Waals surface area contributed by atoms with Crippen LogP contribution in [0.3, 0.4) is 0 Å². The molecule has 0 spiro atoms. The molecular formula is C15H21ClN2. The molecule has 2 aliphatic rings. The van der Waals surface area contributed by atoms with Crippen molar-refractivity contribution in [2.45, 2.75) is 32.2 Å². The zero-order valence-corrected chi connectivity index (χ0v) is 11.5. The van der Waals surface area contributed by atoms with Crippen LogP contribution in [-0.4, -0.2) is 18.0 Å². The molecule has 1 saturated carbocycles. The van der Waals surface area contributed by atoms with Crippen LogP contribution in [0.2, 0.25) is 5.02 Å². The minimum absolute atomic E-state index is 0.677. The summed E-state index contributed by atoms with van der Waals surface area (Å²) in [6.07, 6.45) is 5.75. The van der Waals surface area contributed by atoms with Gasteiger partial charge in [-0.2, -0.15) is 0 Å². The predicted octanol–water partition coefficient (Wildman–Crippen LogP) is 3.54. The van der Waals surface area contributed by atoms with E-state index >= 15 is 0 Å². The summed E-state index contributed by atoms with van der Waals surface area (Å²) in [7, 11) is 0. The third-order valence-corrected chi connectivity index (χ3v) is 4.72. The first-order valence-corrected chi connectivity index (χ1v) is 7.35. The number of fused-ring (bicyclic) bond motifs is 2. The Hall–Kier alpha value is -0.730. The van der Waals surface area contributed by atoms with E-state index in [1.165, 1.54) is 44.3 Å². The molecule has 1 saturated heterocycles. The molecule has 0 amide bonds. The molecular weight excluding hydrogens is 244 g/mol. The average molecular weight is 265 g/mol. The van der Waals surface area contributed by atoms with E-state index < -0.39 is 0 Å². The summed E-state index contributed by atoms with van der Waals surface area (Å²) < 4.78 is 0. The Morgan fingerprint density at radius 1 is 1.22 bits per heavy atom. The number of hydrogen-bond acceptors (Lipinski definition) is 2. The molecule has 2 unspecified atom stereocenters. The van der Waals surface area contributed by atoms with Crippen LogP contribution in [0.4, 0.5) is 5.69 Å². The molecule has 3 heteroatoms. The molecule has 0 aromatic heterocycles. The zero-order valence-electron chi connectivity index (χ0n) is 10.7. The van der Waals surface area contributed by atoms with Crippen LogP contribution in [0, 0.1) is 11.8 Å². The second-order valence-electron chi connectivity index (χ2n) is 5.95. The maximum absolute atomic E-state index is 6.08. The molecule has 0 radical (unpaired) electrons. The fourth-order valence-electron chi connectivity index (χ4n) is 3.60. The minimum Gasteiger partial charge on any atom is -0.398 e. The number of anilines is 1. The van der Waals surface area contributed by atoms with Crippen LogP contribution in [0.15, 0.2) is 18.2 Å². The number of nitrogens with two attached hydrogens (primary N) is 1. The summed E-state index contributed by atoms with van der Waals surface area (Å²) >= 11 is 6.08. The summed E-state index contributed by atoms with van der Waals surface area (Å²) in [5, 5.41) is 0.685. The Morgan fingerprint density at radius 3 is 2.61 bits per heavy atom. The maximum atomic E-state index is 6.08. The number of benzene rings is 1. The van der Waals surface area contributed by atoms with Gasteiger partial charge in [-0.1, -0.05) is 24.1 Å². The lowest BCUT2D eigenvalue weighted by Crippen LogP contribution is -2.42. The number of likely N-dealkylation sites (tertiary alicyclic amines) is 1. The molecule has 1 aliphatic heterocycles. The van der Waals surface area contributed by atoms with E-state index in [1.807, 2.05) is 12.1 Å². The van der Waals surface area contributed by atoms with Crippen molar-refractivity contribution in [2.24, 2.45) is 11.8 Å². The molecule has 1 aromatic rings. The average Bonchev–Trinajstić information content (AvgIpc) is 2.33. The highest BCUT2D eigenvalue weighted by Crippen LogP contribution is 2.35. The number of hydrogen-bond donors (Lipinski definition) is 1. The van der Waals surface area contributed by atoms with Gasteiger partial charge in [0.2, 0.25) is 0 Å². The van der Waals surface area contributed by atoms with Crippen molar-refractivity contribution in [1.82, 2.24) is 4.90 Å². The first-order chi connectivity index (χ1) is 8.70. The third-order valence-electron chi connectivity index (χ3n) is 4.40. The predicted molar refractivity (Wildman–Crippen MR) is 76.6 cm³/mol. The molecule has 98 valence electrons. The van der Waals surface area contributed by atoms with E-state index in [-0.39, 0.29) is 0 Å². The maximum Gasteiger partial charge on any atom is 0.0638 e. The summed E-state index contributed by atoms with van der Waals surface area (Å²) in [5.74, 6) is 1.86. The van der Waals surface area contributed by atoms with Crippen molar-refractivity contribution in [3.63, 3.8) is 0 Å². The van der Waals surface area contributed by atoms with Crippen LogP contribution in [-0.2, 0) is 6.54 Å². The van der Waals surface area contributed by atoms with E-state index in [4.69, 9.17) is 17.3 Å². The lowest BCUT2D eigenvalue weighted by atomic mass is 9.78. The third kappa shape index (κ3) is 2.65. The second-order valence-corrected chi connectivity index (χ2v) is 6.36. The Morgan fingerprint density at radius 2 is 1.94 bits per heavy atom. The van der Waals surface area contributed by atoms with Crippen LogP contribution in [0.1, 0.15) is 31.2 Å². The quantitative estimate of drug-likeness (QED) is 0.828. The van der Waals surface area contributed by atoms with Crippen molar-refractivity contribution in [3.8, 4) is 0 Å². The van der Waals surface area contributed by atoms with Gasteiger partial charge in [-0.3, -0.25) is 4.90 Å². The topological polar surface area (TPSA) is 29.3 Å². The molecule has 2 nitrogen and oxygen atoms in total. The monoisotopic (exact) mass is 264 g/mol. The van der Waals surface area contributed by atoms with Crippen molar-refractivity contribution in [3.05, 3.63) is 28.8 Å². The largest absolute Gasteiger partial charge is 0.398 e. The van der Waals surface area contributed by atoms with E-state index in [1.54, 1.807) is 0 Å². The fourth-order valence-corrected chi connectivity index (χ4v) is 3.80.